The lowest BCUT2D eigenvalue weighted by Crippen LogP contribution is -2.17. The first kappa shape index (κ1) is 17.0. The summed E-state index contributed by atoms with van der Waals surface area (Å²) >= 11 is 2.27. The molecule has 1 nitrogen and oxygen atoms in total. The molecule has 0 radical (unpaired) electrons. The molecule has 24 heavy (non-hydrogen) atoms. The van der Waals surface area contributed by atoms with Gasteiger partial charge in [0.15, 0.2) is 7.14 Å². The highest BCUT2D eigenvalue weighted by Gasteiger charge is 2.33. The fourth-order valence-corrected chi connectivity index (χ4v) is 6.34. The molecule has 0 aliphatic rings. The smallest absolute Gasteiger partial charge is 0.179 e. The van der Waals surface area contributed by atoms with Gasteiger partial charge in [0.2, 0.25) is 0 Å². The Bertz CT molecular complexity index is 898. The van der Waals surface area contributed by atoms with Crippen LogP contribution in [-0.4, -0.2) is 0 Å². The Morgan fingerprint density at radius 2 is 1.25 bits per heavy atom. The van der Waals surface area contributed by atoms with E-state index >= 15 is 0 Å². The first-order chi connectivity index (χ1) is 11.7. The lowest BCUT2D eigenvalue weighted by Gasteiger charge is -2.22. The summed E-state index contributed by atoms with van der Waals surface area (Å²) in [5, 5.41) is 2.24. The maximum Gasteiger partial charge on any atom is 0.179 e. The predicted octanol–water partition coefficient (Wildman–Crippen LogP) is 5.43. The molecule has 0 amide bonds. The number of hydrogen-bond acceptors (Lipinski definition) is 1. The van der Waals surface area contributed by atoms with Gasteiger partial charge in [0, 0.05) is 19.7 Å². The summed E-state index contributed by atoms with van der Waals surface area (Å²) in [6.45, 7) is 3.86. The van der Waals surface area contributed by atoms with Crippen LogP contribution in [0.3, 0.4) is 0 Å². The molecule has 0 saturated carbocycles. The monoisotopic (exact) mass is 442 g/mol. The van der Waals surface area contributed by atoms with Crippen molar-refractivity contribution in [3.05, 3.63) is 106 Å². The van der Waals surface area contributed by atoms with Crippen molar-refractivity contribution >= 4 is 45.7 Å². The molecule has 118 valence electrons. The first-order valence-corrected chi connectivity index (χ1v) is 10.3. The summed E-state index contributed by atoms with van der Waals surface area (Å²) in [6, 6.07) is 27.1. The van der Waals surface area contributed by atoms with E-state index in [9.17, 15) is 4.57 Å². The Morgan fingerprint density at radius 1 is 0.792 bits per heavy atom. The van der Waals surface area contributed by atoms with Gasteiger partial charge in [-0.3, -0.25) is 0 Å². The minimum Gasteiger partial charge on any atom is -0.308 e. The normalized spacial score (nSPS) is 10.9. The van der Waals surface area contributed by atoms with Gasteiger partial charge in [0.1, 0.15) is 0 Å². The SMILES string of the molecule is C=C=C(c1ccccc1I)P(=O)(c1ccccc1)c1ccccc1. The molecular weight excluding hydrogens is 426 g/mol. The molecule has 0 heterocycles. The highest BCUT2D eigenvalue weighted by atomic mass is 127. The minimum absolute atomic E-state index is 0.657. The number of halogens is 1. The van der Waals surface area contributed by atoms with Crippen molar-refractivity contribution in [2.24, 2.45) is 0 Å². The Morgan fingerprint density at radius 3 is 1.71 bits per heavy atom. The van der Waals surface area contributed by atoms with E-state index in [0.29, 0.717) is 5.31 Å². The van der Waals surface area contributed by atoms with Crippen LogP contribution < -0.4 is 10.6 Å². The van der Waals surface area contributed by atoms with Gasteiger partial charge in [-0.15, -0.1) is 5.73 Å². The molecule has 0 N–H and O–H groups in total. The largest absolute Gasteiger partial charge is 0.308 e. The van der Waals surface area contributed by atoms with Crippen LogP contribution in [0.2, 0.25) is 0 Å². The molecule has 0 aliphatic heterocycles. The van der Waals surface area contributed by atoms with E-state index < -0.39 is 7.14 Å². The molecule has 3 rings (SSSR count). The van der Waals surface area contributed by atoms with Crippen LogP contribution in [-0.2, 0) is 4.57 Å². The molecular formula is C21H16IOP. The second-order valence-corrected chi connectivity index (χ2v) is 9.15. The van der Waals surface area contributed by atoms with Crippen molar-refractivity contribution in [3.8, 4) is 0 Å². The maximum absolute atomic E-state index is 14.4. The van der Waals surface area contributed by atoms with E-state index in [1.54, 1.807) is 0 Å². The van der Waals surface area contributed by atoms with E-state index in [4.69, 9.17) is 0 Å². The highest BCUT2D eigenvalue weighted by Crippen LogP contribution is 2.56. The van der Waals surface area contributed by atoms with E-state index in [1.807, 2.05) is 84.9 Å². The second kappa shape index (κ2) is 7.36. The quantitative estimate of drug-likeness (QED) is 0.299. The van der Waals surface area contributed by atoms with Crippen LogP contribution in [0.4, 0.5) is 0 Å². The molecule has 0 atom stereocenters. The van der Waals surface area contributed by atoms with Gasteiger partial charge in [-0.05, 0) is 28.7 Å². The van der Waals surface area contributed by atoms with Crippen molar-refractivity contribution in [2.75, 3.05) is 0 Å². The van der Waals surface area contributed by atoms with Crippen molar-refractivity contribution < 1.29 is 4.57 Å². The van der Waals surface area contributed by atoms with Crippen LogP contribution >= 0.6 is 29.7 Å². The summed E-state index contributed by atoms with van der Waals surface area (Å²) in [6.07, 6.45) is 0. The Balaban J connectivity index is 2.33. The van der Waals surface area contributed by atoms with Crippen molar-refractivity contribution in [1.82, 2.24) is 0 Å². The number of rotatable bonds is 4. The fraction of sp³-hybridized carbons (Fsp3) is 0. The average molecular weight is 442 g/mol. The Kier molecular flexibility index (Phi) is 5.20. The minimum atomic E-state index is -3.04. The summed E-state index contributed by atoms with van der Waals surface area (Å²) in [5.41, 5.74) is 3.92. The molecule has 0 saturated heterocycles. The van der Waals surface area contributed by atoms with Gasteiger partial charge in [0.25, 0.3) is 0 Å². The van der Waals surface area contributed by atoms with E-state index in [-0.39, 0.29) is 0 Å². The van der Waals surface area contributed by atoms with E-state index in [2.05, 4.69) is 34.9 Å². The molecule has 0 fully saturated rings. The molecule has 0 spiro atoms. The predicted molar refractivity (Wildman–Crippen MR) is 111 cm³/mol. The van der Waals surface area contributed by atoms with Crippen LogP contribution in [0.1, 0.15) is 5.56 Å². The zero-order valence-electron chi connectivity index (χ0n) is 13.0. The fourth-order valence-electron chi connectivity index (χ4n) is 2.71. The van der Waals surface area contributed by atoms with Gasteiger partial charge in [0.05, 0.1) is 5.31 Å². The van der Waals surface area contributed by atoms with E-state index in [1.165, 1.54) is 0 Å². The average Bonchev–Trinajstić information content (AvgIpc) is 2.65. The van der Waals surface area contributed by atoms with Gasteiger partial charge < -0.3 is 4.57 Å². The molecule has 3 aromatic carbocycles. The summed E-state index contributed by atoms with van der Waals surface area (Å²) in [4.78, 5) is 0. The van der Waals surface area contributed by atoms with Crippen LogP contribution in [0.15, 0.2) is 97.2 Å². The van der Waals surface area contributed by atoms with Crippen LogP contribution in [0.25, 0.3) is 5.31 Å². The molecule has 0 unspecified atom stereocenters. The van der Waals surface area contributed by atoms with Gasteiger partial charge in [-0.2, -0.15) is 0 Å². The third-order valence-electron chi connectivity index (χ3n) is 3.85. The highest BCUT2D eigenvalue weighted by molar-refractivity contribution is 14.1. The third-order valence-corrected chi connectivity index (χ3v) is 7.87. The number of hydrogen-bond donors (Lipinski definition) is 0. The van der Waals surface area contributed by atoms with Crippen LogP contribution in [0, 0.1) is 3.57 Å². The molecule has 3 heteroatoms. The van der Waals surface area contributed by atoms with Crippen molar-refractivity contribution in [2.45, 2.75) is 0 Å². The summed E-state index contributed by atoms with van der Waals surface area (Å²) in [5.74, 6) is 0. The standard InChI is InChI=1S/C21H16IOP/c1-2-21(19-15-9-10-16-20(19)22)24(23,17-11-5-3-6-12-17)18-13-7-4-8-14-18/h3-16H,1H2. The molecule has 3 aromatic rings. The first-order valence-electron chi connectivity index (χ1n) is 7.54. The lowest BCUT2D eigenvalue weighted by atomic mass is 10.2. The van der Waals surface area contributed by atoms with Gasteiger partial charge in [-0.25, -0.2) is 0 Å². The van der Waals surface area contributed by atoms with Crippen LogP contribution in [0.5, 0.6) is 0 Å². The summed E-state index contributed by atoms with van der Waals surface area (Å²) < 4.78 is 15.4. The second-order valence-electron chi connectivity index (χ2n) is 5.29. The molecule has 0 aliphatic carbocycles. The zero-order chi connectivity index (χ0) is 17.0. The molecule has 0 bridgehead atoms. The Labute approximate surface area is 156 Å². The van der Waals surface area contributed by atoms with Crippen molar-refractivity contribution in [1.29, 1.82) is 0 Å². The number of benzene rings is 3. The zero-order valence-corrected chi connectivity index (χ0v) is 16.1. The molecule has 0 aromatic heterocycles. The van der Waals surface area contributed by atoms with Gasteiger partial charge in [-0.1, -0.05) is 85.4 Å². The van der Waals surface area contributed by atoms with Gasteiger partial charge >= 0.3 is 0 Å². The topological polar surface area (TPSA) is 17.1 Å². The summed E-state index contributed by atoms with van der Waals surface area (Å²) in [7, 11) is -3.04. The van der Waals surface area contributed by atoms with Crippen molar-refractivity contribution in [3.63, 3.8) is 0 Å². The maximum atomic E-state index is 14.4. The third kappa shape index (κ3) is 3.06. The van der Waals surface area contributed by atoms with E-state index in [0.717, 1.165) is 19.7 Å². The Hall–Kier alpha value is -1.86. The lowest BCUT2D eigenvalue weighted by molar-refractivity contribution is 0.593.